The van der Waals surface area contributed by atoms with Crippen LogP contribution >= 0.6 is 0 Å². The van der Waals surface area contributed by atoms with Crippen LogP contribution < -0.4 is 0 Å². The molecule has 0 saturated carbocycles. The zero-order valence-corrected chi connectivity index (χ0v) is 10.2. The lowest BCUT2D eigenvalue weighted by molar-refractivity contribution is 0.111. The van der Waals surface area contributed by atoms with Crippen molar-refractivity contribution in [2.24, 2.45) is 0 Å². The van der Waals surface area contributed by atoms with E-state index in [1.807, 2.05) is 0 Å². The number of carbonyl (C=O) groups excluding carboxylic acids is 1. The van der Waals surface area contributed by atoms with Gasteiger partial charge >= 0.3 is 0 Å². The molecule has 0 bridgehead atoms. The van der Waals surface area contributed by atoms with Gasteiger partial charge < -0.3 is 5.11 Å². The Morgan fingerprint density at radius 2 is 2.11 bits per heavy atom. The van der Waals surface area contributed by atoms with Crippen LogP contribution in [0.15, 0.2) is 35.9 Å². The predicted octanol–water partition coefficient (Wildman–Crippen LogP) is 3.04. The molecule has 18 heavy (non-hydrogen) atoms. The van der Waals surface area contributed by atoms with E-state index in [2.05, 4.69) is 17.9 Å². The first-order valence-electron chi connectivity index (χ1n) is 6.24. The standard InChI is InChI=1S/C16H16O2/c17-12-14-8-4-5-9-15(14)16(18)11-10-13-6-2-1-3-7-13/h4-6,8-9,12,16,18H,1-3,7H2. The van der Waals surface area contributed by atoms with Gasteiger partial charge in [0.05, 0.1) is 0 Å². The van der Waals surface area contributed by atoms with Gasteiger partial charge in [-0.05, 0) is 31.3 Å². The summed E-state index contributed by atoms with van der Waals surface area (Å²) in [4.78, 5) is 10.9. The van der Waals surface area contributed by atoms with Gasteiger partial charge in [0, 0.05) is 11.1 Å². The van der Waals surface area contributed by atoms with Gasteiger partial charge in [0.1, 0.15) is 12.4 Å². The number of benzene rings is 1. The Balaban J connectivity index is 2.16. The molecule has 0 aliphatic heterocycles. The topological polar surface area (TPSA) is 37.3 Å². The molecule has 0 amide bonds. The Labute approximate surface area is 107 Å². The highest BCUT2D eigenvalue weighted by molar-refractivity contribution is 5.77. The Morgan fingerprint density at radius 1 is 1.28 bits per heavy atom. The molecular formula is C16H16O2. The maximum absolute atomic E-state index is 10.9. The van der Waals surface area contributed by atoms with E-state index in [1.165, 1.54) is 12.8 Å². The summed E-state index contributed by atoms with van der Waals surface area (Å²) in [6, 6.07) is 7.00. The van der Waals surface area contributed by atoms with Crippen LogP contribution in [0.2, 0.25) is 0 Å². The number of aldehydes is 1. The van der Waals surface area contributed by atoms with Crippen LogP contribution in [-0.2, 0) is 0 Å². The van der Waals surface area contributed by atoms with Crippen LogP contribution in [0.5, 0.6) is 0 Å². The van der Waals surface area contributed by atoms with E-state index in [4.69, 9.17) is 0 Å². The summed E-state index contributed by atoms with van der Waals surface area (Å²) in [5.41, 5.74) is 2.18. The minimum absolute atomic E-state index is 0.497. The fraction of sp³-hybridized carbons (Fsp3) is 0.312. The highest BCUT2D eigenvalue weighted by Gasteiger charge is 2.08. The van der Waals surface area contributed by atoms with Crippen LogP contribution in [0.3, 0.4) is 0 Å². The smallest absolute Gasteiger partial charge is 0.150 e. The quantitative estimate of drug-likeness (QED) is 0.637. The zero-order valence-electron chi connectivity index (χ0n) is 10.2. The van der Waals surface area contributed by atoms with E-state index in [0.29, 0.717) is 11.1 Å². The predicted molar refractivity (Wildman–Crippen MR) is 71.1 cm³/mol. The first-order chi connectivity index (χ1) is 8.81. The molecule has 1 unspecified atom stereocenters. The van der Waals surface area contributed by atoms with Crippen molar-refractivity contribution in [3.8, 4) is 11.8 Å². The second-order valence-electron chi connectivity index (χ2n) is 4.39. The normalized spacial score (nSPS) is 16.2. The molecule has 2 nitrogen and oxygen atoms in total. The third-order valence-corrected chi connectivity index (χ3v) is 3.08. The zero-order chi connectivity index (χ0) is 12.8. The van der Waals surface area contributed by atoms with Gasteiger partial charge in [0.25, 0.3) is 0 Å². The fourth-order valence-electron chi connectivity index (χ4n) is 2.06. The lowest BCUT2D eigenvalue weighted by Gasteiger charge is -2.08. The van der Waals surface area contributed by atoms with Crippen LogP contribution in [0.1, 0.15) is 47.7 Å². The molecule has 0 heterocycles. The van der Waals surface area contributed by atoms with Gasteiger partial charge in [-0.15, -0.1) is 0 Å². The fourth-order valence-corrected chi connectivity index (χ4v) is 2.06. The summed E-state index contributed by atoms with van der Waals surface area (Å²) in [5, 5.41) is 10.0. The second kappa shape index (κ2) is 6.18. The van der Waals surface area contributed by atoms with Gasteiger partial charge in [0.15, 0.2) is 0 Å². The van der Waals surface area contributed by atoms with Crippen molar-refractivity contribution in [1.29, 1.82) is 0 Å². The maximum Gasteiger partial charge on any atom is 0.150 e. The minimum atomic E-state index is -0.894. The molecule has 92 valence electrons. The van der Waals surface area contributed by atoms with Gasteiger partial charge in [-0.3, -0.25) is 4.79 Å². The molecule has 0 spiro atoms. The van der Waals surface area contributed by atoms with Crippen LogP contribution in [0.25, 0.3) is 0 Å². The lowest BCUT2D eigenvalue weighted by Crippen LogP contribution is -1.99. The van der Waals surface area contributed by atoms with E-state index >= 15 is 0 Å². The Hall–Kier alpha value is -1.85. The number of hydrogen-bond donors (Lipinski definition) is 1. The second-order valence-corrected chi connectivity index (χ2v) is 4.39. The molecule has 1 aliphatic rings. The molecule has 1 N–H and O–H groups in total. The summed E-state index contributed by atoms with van der Waals surface area (Å²) in [7, 11) is 0. The third-order valence-electron chi connectivity index (χ3n) is 3.08. The molecule has 2 heteroatoms. The Morgan fingerprint density at radius 3 is 2.83 bits per heavy atom. The molecule has 0 aromatic heterocycles. The molecule has 1 aromatic rings. The van der Waals surface area contributed by atoms with Crippen molar-refractivity contribution < 1.29 is 9.90 Å². The molecule has 0 radical (unpaired) electrons. The number of aliphatic hydroxyl groups is 1. The molecule has 1 aromatic carbocycles. The average Bonchev–Trinajstić information content (AvgIpc) is 2.45. The molecule has 2 rings (SSSR count). The van der Waals surface area contributed by atoms with E-state index in [0.717, 1.165) is 24.7 Å². The van der Waals surface area contributed by atoms with E-state index in [9.17, 15) is 9.90 Å². The maximum atomic E-state index is 10.9. The van der Waals surface area contributed by atoms with Crippen molar-refractivity contribution in [2.45, 2.75) is 31.8 Å². The number of allylic oxidation sites excluding steroid dienone is 2. The molecule has 1 atom stereocenters. The van der Waals surface area contributed by atoms with Crippen LogP contribution in [-0.4, -0.2) is 11.4 Å². The van der Waals surface area contributed by atoms with Crippen molar-refractivity contribution in [1.82, 2.24) is 0 Å². The summed E-state index contributed by atoms with van der Waals surface area (Å²) in [5.74, 6) is 5.84. The van der Waals surface area contributed by atoms with Crippen LogP contribution in [0, 0.1) is 11.8 Å². The highest BCUT2D eigenvalue weighted by atomic mass is 16.3. The number of rotatable bonds is 2. The third kappa shape index (κ3) is 3.09. The number of hydrogen-bond acceptors (Lipinski definition) is 2. The van der Waals surface area contributed by atoms with Gasteiger partial charge in [0.2, 0.25) is 0 Å². The van der Waals surface area contributed by atoms with Crippen LogP contribution in [0.4, 0.5) is 0 Å². The largest absolute Gasteiger partial charge is 0.376 e. The molecular weight excluding hydrogens is 224 g/mol. The Bertz CT molecular complexity index is 517. The monoisotopic (exact) mass is 240 g/mol. The minimum Gasteiger partial charge on any atom is -0.376 e. The highest BCUT2D eigenvalue weighted by Crippen LogP contribution is 2.18. The average molecular weight is 240 g/mol. The van der Waals surface area contributed by atoms with Crippen molar-refractivity contribution in [3.63, 3.8) is 0 Å². The lowest BCUT2D eigenvalue weighted by atomic mass is 9.99. The number of aliphatic hydroxyl groups excluding tert-OH is 1. The molecule has 1 aliphatic carbocycles. The van der Waals surface area contributed by atoms with Gasteiger partial charge in [-0.1, -0.05) is 42.2 Å². The first kappa shape index (κ1) is 12.6. The summed E-state index contributed by atoms with van der Waals surface area (Å²) < 4.78 is 0. The summed E-state index contributed by atoms with van der Waals surface area (Å²) in [6.07, 6.45) is 6.45. The van der Waals surface area contributed by atoms with Gasteiger partial charge in [-0.2, -0.15) is 0 Å². The summed E-state index contributed by atoms with van der Waals surface area (Å²) >= 11 is 0. The Kier molecular flexibility index (Phi) is 4.33. The van der Waals surface area contributed by atoms with Crippen molar-refractivity contribution >= 4 is 6.29 Å². The van der Waals surface area contributed by atoms with E-state index in [-0.39, 0.29) is 0 Å². The van der Waals surface area contributed by atoms with E-state index in [1.54, 1.807) is 24.3 Å². The molecule has 0 saturated heterocycles. The first-order valence-corrected chi connectivity index (χ1v) is 6.24. The number of carbonyl (C=O) groups is 1. The van der Waals surface area contributed by atoms with Gasteiger partial charge in [-0.25, -0.2) is 0 Å². The van der Waals surface area contributed by atoms with Crippen molar-refractivity contribution in [2.75, 3.05) is 0 Å². The SMILES string of the molecule is O=Cc1ccccc1C(O)C#CC1=CCCCC1. The molecule has 0 fully saturated rings. The van der Waals surface area contributed by atoms with Crippen molar-refractivity contribution in [3.05, 3.63) is 47.0 Å². The summed E-state index contributed by atoms with van der Waals surface area (Å²) in [6.45, 7) is 0. The van der Waals surface area contributed by atoms with E-state index < -0.39 is 6.10 Å².